The second-order valence-electron chi connectivity index (χ2n) is 5.68. The maximum absolute atomic E-state index is 6.22. The summed E-state index contributed by atoms with van der Waals surface area (Å²) >= 11 is 0. The minimum atomic E-state index is 0.406. The fourth-order valence-corrected chi connectivity index (χ4v) is 3.45. The highest BCUT2D eigenvalue weighted by Gasteiger charge is 2.31. The number of ether oxygens (including phenoxy) is 2. The number of para-hydroxylation sites is 2. The molecule has 0 amide bonds. The number of nitrogens with zero attached hydrogens (tertiary/aromatic N) is 1. The molecule has 0 aliphatic carbocycles. The quantitative estimate of drug-likeness (QED) is 0.766. The van der Waals surface area contributed by atoms with E-state index < -0.39 is 0 Å². The molecule has 1 fully saturated rings. The van der Waals surface area contributed by atoms with E-state index in [9.17, 15) is 0 Å². The summed E-state index contributed by atoms with van der Waals surface area (Å²) in [5.41, 5.74) is 2.48. The Morgan fingerprint density at radius 3 is 2.90 bits per heavy atom. The van der Waals surface area contributed by atoms with Crippen LogP contribution in [0.4, 0.5) is 5.69 Å². The normalized spacial score (nSPS) is 19.7. The third kappa shape index (κ3) is 2.04. The molecule has 1 saturated heterocycles. The molecule has 0 N–H and O–H groups in total. The number of fused-ring (bicyclic) bond motifs is 5. The SMILES string of the molecule is COc1ccc2c(c1)Oc1ccccc1N1CCCCC21. The van der Waals surface area contributed by atoms with Crippen molar-refractivity contribution < 1.29 is 9.47 Å². The first-order chi connectivity index (χ1) is 10.4. The van der Waals surface area contributed by atoms with Crippen LogP contribution in [0.5, 0.6) is 17.2 Å². The van der Waals surface area contributed by atoms with Gasteiger partial charge in [0.2, 0.25) is 0 Å². The van der Waals surface area contributed by atoms with Crippen molar-refractivity contribution in [3.63, 3.8) is 0 Å². The molecule has 1 atom stereocenters. The van der Waals surface area contributed by atoms with Crippen LogP contribution in [0, 0.1) is 0 Å². The predicted molar refractivity (Wildman–Crippen MR) is 83.4 cm³/mol. The molecule has 2 aliphatic rings. The third-order valence-corrected chi connectivity index (χ3v) is 4.48. The van der Waals surface area contributed by atoms with E-state index in [2.05, 4.69) is 29.2 Å². The fraction of sp³-hybridized carbons (Fsp3) is 0.333. The topological polar surface area (TPSA) is 21.7 Å². The predicted octanol–water partition coefficient (Wildman–Crippen LogP) is 4.53. The van der Waals surface area contributed by atoms with Crippen molar-refractivity contribution in [2.24, 2.45) is 0 Å². The monoisotopic (exact) mass is 281 g/mol. The van der Waals surface area contributed by atoms with Gasteiger partial charge in [-0.25, -0.2) is 0 Å². The number of rotatable bonds is 1. The van der Waals surface area contributed by atoms with Crippen molar-refractivity contribution in [2.45, 2.75) is 25.3 Å². The van der Waals surface area contributed by atoms with Crippen LogP contribution in [0.25, 0.3) is 0 Å². The Hall–Kier alpha value is -2.16. The number of piperidine rings is 1. The number of anilines is 1. The summed E-state index contributed by atoms with van der Waals surface area (Å²) in [5, 5.41) is 0. The zero-order valence-corrected chi connectivity index (χ0v) is 12.2. The summed E-state index contributed by atoms with van der Waals surface area (Å²) < 4.78 is 11.6. The van der Waals surface area contributed by atoms with Gasteiger partial charge in [-0.1, -0.05) is 12.1 Å². The van der Waals surface area contributed by atoms with E-state index >= 15 is 0 Å². The summed E-state index contributed by atoms with van der Waals surface area (Å²) in [6.45, 7) is 1.09. The van der Waals surface area contributed by atoms with Gasteiger partial charge >= 0.3 is 0 Å². The molecule has 2 aromatic carbocycles. The maximum atomic E-state index is 6.22. The van der Waals surface area contributed by atoms with Crippen LogP contribution >= 0.6 is 0 Å². The van der Waals surface area contributed by atoms with Crippen LogP contribution in [-0.2, 0) is 0 Å². The Morgan fingerprint density at radius 1 is 1.10 bits per heavy atom. The number of hydrogen-bond acceptors (Lipinski definition) is 3. The van der Waals surface area contributed by atoms with E-state index in [0.717, 1.165) is 23.8 Å². The van der Waals surface area contributed by atoms with Crippen molar-refractivity contribution in [1.29, 1.82) is 0 Å². The average Bonchev–Trinajstić information content (AvgIpc) is 2.69. The van der Waals surface area contributed by atoms with Crippen LogP contribution in [0.1, 0.15) is 30.9 Å². The first-order valence-corrected chi connectivity index (χ1v) is 7.58. The van der Waals surface area contributed by atoms with Gasteiger partial charge in [-0.2, -0.15) is 0 Å². The Balaban J connectivity index is 1.89. The van der Waals surface area contributed by atoms with Crippen LogP contribution in [-0.4, -0.2) is 13.7 Å². The molecule has 108 valence electrons. The van der Waals surface area contributed by atoms with Crippen LogP contribution in [0.3, 0.4) is 0 Å². The van der Waals surface area contributed by atoms with Crippen LogP contribution in [0.2, 0.25) is 0 Å². The molecule has 0 spiro atoms. The second-order valence-corrected chi connectivity index (χ2v) is 5.68. The second kappa shape index (κ2) is 4.99. The summed E-state index contributed by atoms with van der Waals surface area (Å²) in [6.07, 6.45) is 3.70. The smallest absolute Gasteiger partial charge is 0.150 e. The van der Waals surface area contributed by atoms with Crippen LogP contribution < -0.4 is 14.4 Å². The fourth-order valence-electron chi connectivity index (χ4n) is 3.45. The zero-order chi connectivity index (χ0) is 14.2. The van der Waals surface area contributed by atoms with Crippen LogP contribution in [0.15, 0.2) is 42.5 Å². The highest BCUT2D eigenvalue weighted by Crippen LogP contribution is 2.47. The van der Waals surface area contributed by atoms with E-state index in [0.29, 0.717) is 6.04 Å². The van der Waals surface area contributed by atoms with Crippen molar-refractivity contribution in [3.05, 3.63) is 48.0 Å². The van der Waals surface area contributed by atoms with E-state index in [4.69, 9.17) is 9.47 Å². The molecule has 21 heavy (non-hydrogen) atoms. The standard InChI is InChI=1S/C18H19NO2/c1-20-13-9-10-14-15-6-4-5-11-19(15)16-7-2-3-8-17(16)21-18(14)12-13/h2-3,7-10,12,15H,4-6,11H2,1H3. The van der Waals surface area contributed by atoms with Gasteiger partial charge in [-0.05, 0) is 43.5 Å². The van der Waals surface area contributed by atoms with E-state index in [1.807, 2.05) is 18.2 Å². The van der Waals surface area contributed by atoms with Crippen molar-refractivity contribution in [1.82, 2.24) is 0 Å². The molecular formula is C18H19NO2. The molecular weight excluding hydrogens is 262 g/mol. The maximum Gasteiger partial charge on any atom is 0.150 e. The van der Waals surface area contributed by atoms with E-state index in [1.165, 1.54) is 30.5 Å². The molecule has 3 nitrogen and oxygen atoms in total. The minimum Gasteiger partial charge on any atom is -0.497 e. The zero-order valence-electron chi connectivity index (χ0n) is 12.2. The molecule has 2 aromatic rings. The van der Waals surface area contributed by atoms with Crippen molar-refractivity contribution >= 4 is 5.69 Å². The van der Waals surface area contributed by atoms with Crippen molar-refractivity contribution in [2.75, 3.05) is 18.6 Å². The van der Waals surface area contributed by atoms with Gasteiger partial charge in [0, 0.05) is 18.2 Å². The first-order valence-electron chi connectivity index (χ1n) is 7.58. The summed E-state index contributed by atoms with van der Waals surface area (Å²) in [7, 11) is 1.69. The summed E-state index contributed by atoms with van der Waals surface area (Å²) in [4.78, 5) is 2.50. The van der Waals surface area contributed by atoms with Gasteiger partial charge in [0.25, 0.3) is 0 Å². The molecule has 3 heteroatoms. The van der Waals surface area contributed by atoms with Gasteiger partial charge in [0.1, 0.15) is 11.5 Å². The van der Waals surface area contributed by atoms with E-state index in [-0.39, 0.29) is 0 Å². The van der Waals surface area contributed by atoms with Gasteiger partial charge in [-0.3, -0.25) is 0 Å². The molecule has 2 aliphatic heterocycles. The molecule has 1 unspecified atom stereocenters. The van der Waals surface area contributed by atoms with Gasteiger partial charge < -0.3 is 14.4 Å². The third-order valence-electron chi connectivity index (χ3n) is 4.48. The largest absolute Gasteiger partial charge is 0.497 e. The molecule has 2 heterocycles. The molecule has 0 bridgehead atoms. The Labute approximate surface area is 125 Å². The minimum absolute atomic E-state index is 0.406. The Kier molecular flexibility index (Phi) is 2.99. The molecule has 0 saturated carbocycles. The van der Waals surface area contributed by atoms with Gasteiger partial charge in [0.05, 0.1) is 18.8 Å². The van der Waals surface area contributed by atoms with Crippen molar-refractivity contribution in [3.8, 4) is 17.2 Å². The number of hydrogen-bond donors (Lipinski definition) is 0. The van der Waals surface area contributed by atoms with Gasteiger partial charge in [0.15, 0.2) is 5.75 Å². The van der Waals surface area contributed by atoms with E-state index in [1.54, 1.807) is 7.11 Å². The lowest BCUT2D eigenvalue weighted by atomic mass is 9.94. The lowest BCUT2D eigenvalue weighted by molar-refractivity contribution is 0.407. The first kappa shape index (κ1) is 12.6. The highest BCUT2D eigenvalue weighted by atomic mass is 16.5. The molecule has 0 radical (unpaired) electrons. The molecule has 0 aromatic heterocycles. The molecule has 4 rings (SSSR count). The summed E-state index contributed by atoms with van der Waals surface area (Å²) in [5.74, 6) is 2.71. The Morgan fingerprint density at radius 2 is 2.00 bits per heavy atom. The lowest BCUT2D eigenvalue weighted by Gasteiger charge is -2.36. The van der Waals surface area contributed by atoms with Gasteiger partial charge in [-0.15, -0.1) is 0 Å². The number of methoxy groups -OCH3 is 1. The lowest BCUT2D eigenvalue weighted by Crippen LogP contribution is -2.32. The Bertz CT molecular complexity index is 668. The summed E-state index contributed by atoms with van der Waals surface area (Å²) in [6, 6.07) is 14.9. The average molecular weight is 281 g/mol. The number of benzene rings is 2. The highest BCUT2D eigenvalue weighted by molar-refractivity contribution is 5.64.